The first-order chi connectivity index (χ1) is 8.29. The molecule has 0 bridgehead atoms. The van der Waals surface area contributed by atoms with Crippen molar-refractivity contribution in [1.29, 1.82) is 0 Å². The van der Waals surface area contributed by atoms with E-state index in [4.69, 9.17) is 5.73 Å². The molecule has 18 heavy (non-hydrogen) atoms. The van der Waals surface area contributed by atoms with E-state index >= 15 is 0 Å². The van der Waals surface area contributed by atoms with E-state index < -0.39 is 0 Å². The SMILES string of the molecule is CC(N)CN(C)CCc1ccc(C(C)(C)C)cc1. The zero-order valence-corrected chi connectivity index (χ0v) is 12.5. The summed E-state index contributed by atoms with van der Waals surface area (Å²) in [6.45, 7) is 10.8. The average molecular weight is 248 g/mol. The lowest BCUT2D eigenvalue weighted by Gasteiger charge is -2.20. The summed E-state index contributed by atoms with van der Waals surface area (Å²) in [7, 11) is 2.13. The van der Waals surface area contributed by atoms with Crippen LogP contribution in [-0.2, 0) is 11.8 Å². The molecular formula is C16H28N2. The van der Waals surface area contributed by atoms with Crippen LogP contribution in [0.25, 0.3) is 0 Å². The van der Waals surface area contributed by atoms with E-state index in [0.717, 1.165) is 19.5 Å². The van der Waals surface area contributed by atoms with Gasteiger partial charge in [0.05, 0.1) is 0 Å². The predicted molar refractivity (Wildman–Crippen MR) is 80.0 cm³/mol. The topological polar surface area (TPSA) is 29.3 Å². The van der Waals surface area contributed by atoms with Crippen molar-refractivity contribution in [1.82, 2.24) is 4.90 Å². The molecule has 0 radical (unpaired) electrons. The molecule has 102 valence electrons. The van der Waals surface area contributed by atoms with Crippen molar-refractivity contribution in [2.75, 3.05) is 20.1 Å². The number of nitrogens with zero attached hydrogens (tertiary/aromatic N) is 1. The fraction of sp³-hybridized carbons (Fsp3) is 0.625. The van der Waals surface area contributed by atoms with E-state index in [1.807, 2.05) is 0 Å². The molecule has 0 fully saturated rings. The molecule has 2 N–H and O–H groups in total. The van der Waals surface area contributed by atoms with E-state index in [-0.39, 0.29) is 11.5 Å². The van der Waals surface area contributed by atoms with Gasteiger partial charge in [-0.1, -0.05) is 45.0 Å². The molecule has 0 spiro atoms. The quantitative estimate of drug-likeness (QED) is 0.868. The van der Waals surface area contributed by atoms with Crippen molar-refractivity contribution >= 4 is 0 Å². The van der Waals surface area contributed by atoms with Gasteiger partial charge in [-0.25, -0.2) is 0 Å². The molecule has 0 amide bonds. The Bertz CT molecular complexity index is 346. The molecule has 1 unspecified atom stereocenters. The molecule has 0 aliphatic carbocycles. The minimum Gasteiger partial charge on any atom is -0.327 e. The summed E-state index contributed by atoms with van der Waals surface area (Å²) in [5, 5.41) is 0. The van der Waals surface area contributed by atoms with Crippen molar-refractivity contribution < 1.29 is 0 Å². The van der Waals surface area contributed by atoms with Gasteiger partial charge < -0.3 is 10.6 Å². The summed E-state index contributed by atoms with van der Waals surface area (Å²) in [5.74, 6) is 0. The van der Waals surface area contributed by atoms with Crippen molar-refractivity contribution in [3.05, 3.63) is 35.4 Å². The van der Waals surface area contributed by atoms with Crippen molar-refractivity contribution in [2.45, 2.75) is 45.6 Å². The highest BCUT2D eigenvalue weighted by atomic mass is 15.1. The Morgan fingerprint density at radius 3 is 2.17 bits per heavy atom. The normalized spacial score (nSPS) is 13.9. The van der Waals surface area contributed by atoms with Gasteiger partial charge in [-0.15, -0.1) is 0 Å². The molecular weight excluding hydrogens is 220 g/mol. The van der Waals surface area contributed by atoms with Crippen molar-refractivity contribution in [3.8, 4) is 0 Å². The minimum atomic E-state index is 0.240. The van der Waals surface area contributed by atoms with Gasteiger partial charge in [-0.05, 0) is 36.9 Å². The Hall–Kier alpha value is -0.860. The van der Waals surface area contributed by atoms with Gasteiger partial charge in [0.25, 0.3) is 0 Å². The molecule has 1 aromatic carbocycles. The monoisotopic (exact) mass is 248 g/mol. The number of hydrogen-bond acceptors (Lipinski definition) is 2. The second-order valence-corrected chi connectivity index (χ2v) is 6.44. The molecule has 0 saturated heterocycles. The van der Waals surface area contributed by atoms with Crippen molar-refractivity contribution in [3.63, 3.8) is 0 Å². The summed E-state index contributed by atoms with van der Waals surface area (Å²) in [6, 6.07) is 9.25. The third-order valence-corrected chi connectivity index (χ3v) is 3.20. The Balaban J connectivity index is 2.49. The first-order valence-corrected chi connectivity index (χ1v) is 6.82. The van der Waals surface area contributed by atoms with Crippen LogP contribution in [0, 0.1) is 0 Å². The second kappa shape index (κ2) is 6.35. The fourth-order valence-electron chi connectivity index (χ4n) is 2.07. The Morgan fingerprint density at radius 1 is 1.17 bits per heavy atom. The Kier molecular flexibility index (Phi) is 5.36. The van der Waals surface area contributed by atoms with Gasteiger partial charge in [0, 0.05) is 19.1 Å². The molecule has 0 aromatic heterocycles. The van der Waals surface area contributed by atoms with E-state index in [0.29, 0.717) is 0 Å². The van der Waals surface area contributed by atoms with Crippen LogP contribution < -0.4 is 5.73 Å². The van der Waals surface area contributed by atoms with Crippen LogP contribution in [0.5, 0.6) is 0 Å². The molecule has 2 heteroatoms. The standard InChI is InChI=1S/C16H28N2/c1-13(17)12-18(5)11-10-14-6-8-15(9-7-14)16(2,3)4/h6-9,13H,10-12,17H2,1-5H3. The molecule has 0 saturated carbocycles. The van der Waals surface area contributed by atoms with Gasteiger partial charge in [0.1, 0.15) is 0 Å². The molecule has 0 aliphatic heterocycles. The van der Waals surface area contributed by atoms with Crippen LogP contribution in [0.1, 0.15) is 38.8 Å². The third kappa shape index (κ3) is 5.19. The van der Waals surface area contributed by atoms with Gasteiger partial charge in [0.2, 0.25) is 0 Å². The van der Waals surface area contributed by atoms with Crippen LogP contribution in [0.3, 0.4) is 0 Å². The van der Waals surface area contributed by atoms with Gasteiger partial charge >= 0.3 is 0 Å². The highest BCUT2D eigenvalue weighted by Crippen LogP contribution is 2.22. The van der Waals surface area contributed by atoms with Crippen molar-refractivity contribution in [2.24, 2.45) is 5.73 Å². The zero-order valence-electron chi connectivity index (χ0n) is 12.5. The number of nitrogens with two attached hydrogens (primary N) is 1. The van der Waals surface area contributed by atoms with E-state index in [1.165, 1.54) is 11.1 Å². The summed E-state index contributed by atoms with van der Waals surface area (Å²) in [6.07, 6.45) is 1.09. The molecule has 0 aliphatic rings. The van der Waals surface area contributed by atoms with E-state index in [9.17, 15) is 0 Å². The van der Waals surface area contributed by atoms with Gasteiger partial charge in [-0.3, -0.25) is 0 Å². The summed E-state index contributed by atoms with van der Waals surface area (Å²) >= 11 is 0. The predicted octanol–water partition coefficient (Wildman–Crippen LogP) is 2.81. The first kappa shape index (κ1) is 15.2. The fourth-order valence-corrected chi connectivity index (χ4v) is 2.07. The largest absolute Gasteiger partial charge is 0.327 e. The van der Waals surface area contributed by atoms with Crippen LogP contribution in [0.2, 0.25) is 0 Å². The van der Waals surface area contributed by atoms with Crippen LogP contribution in [-0.4, -0.2) is 31.1 Å². The summed E-state index contributed by atoms with van der Waals surface area (Å²) < 4.78 is 0. The molecule has 1 rings (SSSR count). The third-order valence-electron chi connectivity index (χ3n) is 3.20. The maximum Gasteiger partial charge on any atom is 0.0139 e. The lowest BCUT2D eigenvalue weighted by atomic mass is 9.86. The molecule has 1 atom stereocenters. The van der Waals surface area contributed by atoms with Crippen LogP contribution in [0.15, 0.2) is 24.3 Å². The van der Waals surface area contributed by atoms with E-state index in [1.54, 1.807) is 0 Å². The highest BCUT2D eigenvalue weighted by Gasteiger charge is 2.12. The summed E-state index contributed by atoms with van der Waals surface area (Å²) in [5.41, 5.74) is 8.83. The second-order valence-electron chi connectivity index (χ2n) is 6.44. The zero-order chi connectivity index (χ0) is 13.8. The lowest BCUT2D eigenvalue weighted by Crippen LogP contribution is -2.34. The Morgan fingerprint density at radius 2 is 1.72 bits per heavy atom. The smallest absolute Gasteiger partial charge is 0.0139 e. The van der Waals surface area contributed by atoms with Gasteiger partial charge in [-0.2, -0.15) is 0 Å². The number of rotatable bonds is 5. The Labute approximate surface area is 112 Å². The molecule has 1 aromatic rings. The highest BCUT2D eigenvalue weighted by molar-refractivity contribution is 5.27. The van der Waals surface area contributed by atoms with E-state index in [2.05, 4.69) is 63.9 Å². The molecule has 2 nitrogen and oxygen atoms in total. The summed E-state index contributed by atoms with van der Waals surface area (Å²) in [4.78, 5) is 2.29. The minimum absolute atomic E-state index is 0.240. The van der Waals surface area contributed by atoms with Gasteiger partial charge in [0.15, 0.2) is 0 Å². The lowest BCUT2D eigenvalue weighted by molar-refractivity contribution is 0.321. The number of likely N-dealkylation sites (N-methyl/N-ethyl adjacent to an activating group) is 1. The first-order valence-electron chi connectivity index (χ1n) is 6.82. The number of hydrogen-bond donors (Lipinski definition) is 1. The number of benzene rings is 1. The van der Waals surface area contributed by atoms with Crippen LogP contribution in [0.4, 0.5) is 0 Å². The van der Waals surface area contributed by atoms with Crippen LogP contribution >= 0.6 is 0 Å². The maximum atomic E-state index is 5.79. The maximum absolute atomic E-state index is 5.79. The average Bonchev–Trinajstić information content (AvgIpc) is 2.25. The molecule has 0 heterocycles.